The van der Waals surface area contributed by atoms with Gasteiger partial charge in [-0.05, 0) is 59.7 Å². The lowest BCUT2D eigenvalue weighted by molar-refractivity contribution is -0.177. The molecule has 1 saturated heterocycles. The average Bonchev–Trinajstić information content (AvgIpc) is 3.62. The number of fused-ring (bicyclic) bond motifs is 3. The van der Waals surface area contributed by atoms with E-state index in [1.54, 1.807) is 37.4 Å². The molecule has 0 bridgehead atoms. The minimum Gasteiger partial charge on any atom is -0.432 e. The van der Waals surface area contributed by atoms with E-state index < -0.39 is 23.9 Å². The molecule has 2 aromatic rings. The van der Waals surface area contributed by atoms with Crippen LogP contribution in [0.3, 0.4) is 0 Å². The predicted molar refractivity (Wildman–Crippen MR) is 188 cm³/mol. The van der Waals surface area contributed by atoms with E-state index in [1.807, 2.05) is 6.07 Å². The maximum atomic E-state index is 13.4. The number of imide groups is 1. The first-order valence-electron chi connectivity index (χ1n) is 17.7. The second kappa shape index (κ2) is 20.9. The molecule has 2 aromatic carbocycles. The molecule has 0 aromatic heterocycles. The molecular formula is C37H48N4O11. The number of hydrogen-bond donors (Lipinski definition) is 3. The van der Waals surface area contributed by atoms with Gasteiger partial charge in [0, 0.05) is 82.9 Å². The molecule has 0 radical (unpaired) electrons. The van der Waals surface area contributed by atoms with E-state index in [1.165, 1.54) is 0 Å². The first-order chi connectivity index (χ1) is 25.2. The summed E-state index contributed by atoms with van der Waals surface area (Å²) >= 11 is 0. The first kappa shape index (κ1) is 39.9. The highest BCUT2D eigenvalue weighted by Crippen LogP contribution is 2.47. The first-order valence-corrected chi connectivity index (χ1v) is 17.7. The van der Waals surface area contributed by atoms with Crippen molar-refractivity contribution >= 4 is 41.4 Å². The number of nitrogens with zero attached hydrogens (tertiary/aromatic N) is 1. The number of nitrogens with one attached hydrogen (secondary N) is 3. The number of hydroxylamine groups is 2. The molecule has 15 heteroatoms. The smallest absolute Gasteiger partial charge is 0.432 e. The van der Waals surface area contributed by atoms with E-state index >= 15 is 0 Å². The maximum absolute atomic E-state index is 13.4. The third kappa shape index (κ3) is 11.6. The van der Waals surface area contributed by atoms with Crippen molar-refractivity contribution in [1.82, 2.24) is 15.7 Å². The van der Waals surface area contributed by atoms with Crippen molar-refractivity contribution in [2.45, 2.75) is 64.2 Å². The van der Waals surface area contributed by atoms with Gasteiger partial charge < -0.3 is 34.9 Å². The fraction of sp³-hybridized carbons (Fsp3) is 0.514. The Kier molecular flexibility index (Phi) is 16.0. The number of benzene rings is 2. The van der Waals surface area contributed by atoms with Gasteiger partial charge in [-0.15, -0.1) is 0 Å². The highest BCUT2D eigenvalue weighted by molar-refractivity contribution is 6.04. The number of unbranched alkanes of at least 4 members (excludes halogenated alkanes) is 1. The van der Waals surface area contributed by atoms with Gasteiger partial charge in [-0.25, -0.2) is 4.79 Å². The van der Waals surface area contributed by atoms with Crippen molar-refractivity contribution < 1.29 is 52.6 Å². The molecule has 0 spiro atoms. The summed E-state index contributed by atoms with van der Waals surface area (Å²) in [6.45, 7) is 5.04. The van der Waals surface area contributed by atoms with Crippen LogP contribution in [-0.4, -0.2) is 101 Å². The highest BCUT2D eigenvalue weighted by atomic mass is 16.8. The van der Waals surface area contributed by atoms with Crippen LogP contribution in [0, 0.1) is 0 Å². The van der Waals surface area contributed by atoms with Crippen LogP contribution in [0.4, 0.5) is 10.5 Å². The summed E-state index contributed by atoms with van der Waals surface area (Å²) in [5, 5.41) is 8.96. The Morgan fingerprint density at radius 1 is 0.808 bits per heavy atom. The number of carbonyl (C=O) groups is 6. The van der Waals surface area contributed by atoms with Gasteiger partial charge >= 0.3 is 6.16 Å². The molecular weight excluding hydrogens is 676 g/mol. The van der Waals surface area contributed by atoms with Gasteiger partial charge in [0.1, 0.15) is 6.61 Å². The Morgan fingerprint density at radius 2 is 1.52 bits per heavy atom. The summed E-state index contributed by atoms with van der Waals surface area (Å²) in [5.74, 6) is -2.61. The lowest BCUT2D eigenvalue weighted by Gasteiger charge is -2.17. The van der Waals surface area contributed by atoms with Crippen LogP contribution in [0.5, 0.6) is 0 Å². The van der Waals surface area contributed by atoms with E-state index in [0.717, 1.165) is 19.3 Å². The molecule has 1 fully saturated rings. The molecule has 1 unspecified atom stereocenters. The lowest BCUT2D eigenvalue weighted by Crippen LogP contribution is -2.32. The minimum absolute atomic E-state index is 0.0589. The molecule has 1 heterocycles. The predicted octanol–water partition coefficient (Wildman–Crippen LogP) is 3.84. The van der Waals surface area contributed by atoms with Crippen molar-refractivity contribution in [3.8, 4) is 11.1 Å². The molecule has 1 aliphatic carbocycles. The monoisotopic (exact) mass is 724 g/mol. The molecule has 1 aliphatic heterocycles. The number of ether oxygens (including phenoxy) is 4. The average molecular weight is 725 g/mol. The fourth-order valence-electron chi connectivity index (χ4n) is 5.84. The van der Waals surface area contributed by atoms with Crippen LogP contribution in [0.1, 0.15) is 85.7 Å². The van der Waals surface area contributed by atoms with Crippen LogP contribution < -0.4 is 16.0 Å². The molecule has 52 heavy (non-hydrogen) atoms. The Bertz CT molecular complexity index is 1560. The lowest BCUT2D eigenvalue weighted by atomic mass is 9.96. The number of amides is 5. The van der Waals surface area contributed by atoms with Crippen LogP contribution in [0.2, 0.25) is 0 Å². The highest BCUT2D eigenvalue weighted by Gasteiger charge is 2.36. The quantitative estimate of drug-likeness (QED) is 0.0910. The van der Waals surface area contributed by atoms with E-state index in [2.05, 4.69) is 22.9 Å². The Morgan fingerprint density at radius 3 is 2.25 bits per heavy atom. The van der Waals surface area contributed by atoms with Gasteiger partial charge in [0.25, 0.3) is 17.7 Å². The minimum atomic E-state index is -1.23. The summed E-state index contributed by atoms with van der Waals surface area (Å²) < 4.78 is 21.4. The van der Waals surface area contributed by atoms with Gasteiger partial charge in [-0.1, -0.05) is 36.6 Å². The van der Waals surface area contributed by atoms with Crippen molar-refractivity contribution in [2.24, 2.45) is 0 Å². The van der Waals surface area contributed by atoms with E-state index in [4.69, 9.17) is 23.8 Å². The zero-order valence-electron chi connectivity index (χ0n) is 29.8. The van der Waals surface area contributed by atoms with Crippen LogP contribution in [-0.2, 0) is 43.0 Å². The van der Waals surface area contributed by atoms with Crippen molar-refractivity contribution in [3.63, 3.8) is 0 Å². The van der Waals surface area contributed by atoms with Gasteiger partial charge in [0.05, 0.1) is 13.2 Å². The zero-order valence-corrected chi connectivity index (χ0v) is 29.8. The number of methoxy groups -OCH3 is 1. The van der Waals surface area contributed by atoms with Crippen LogP contribution >= 0.6 is 0 Å². The normalized spacial score (nSPS) is 14.5. The summed E-state index contributed by atoms with van der Waals surface area (Å²) in [7, 11) is 1.62. The molecule has 3 N–H and O–H groups in total. The topological polar surface area (TPSA) is 188 Å². The molecule has 15 nitrogen and oxygen atoms in total. The Labute approximate surface area is 303 Å². The van der Waals surface area contributed by atoms with Crippen LogP contribution in [0.15, 0.2) is 36.4 Å². The fourth-order valence-corrected chi connectivity index (χ4v) is 5.84. The van der Waals surface area contributed by atoms with Gasteiger partial charge in [-0.2, -0.15) is 0 Å². The molecule has 2 aliphatic rings. The summed E-state index contributed by atoms with van der Waals surface area (Å²) in [4.78, 5) is 79.7. The number of anilines is 1. The molecule has 282 valence electrons. The largest absolute Gasteiger partial charge is 0.533 e. The molecule has 1 atom stereocenters. The molecule has 0 saturated carbocycles. The summed E-state index contributed by atoms with van der Waals surface area (Å²) in [5.41, 5.74) is 3.60. The van der Waals surface area contributed by atoms with E-state index in [0.29, 0.717) is 84.6 Å². The second-order valence-electron chi connectivity index (χ2n) is 12.3. The molecule has 4 rings (SSSR count). The number of rotatable bonds is 22. The standard InChI is InChI=1S/C37H48N4O11/c1-3-4-19-49-21-16-38-31(42)10-6-11-32(43)40-25-12-13-27-29(23-25)30(24-51-37(47)52-41-33(44)14-15-34(41)45)26-8-5-9-28(35(26)27)36(46)39-17-22-50-20-7-18-48-2/h5,8-9,12-13,23,30H,3-4,6-7,10-11,14-22,24H2,1-2H3,(H,38,42)(H,39,46)(H,40,43). The van der Waals surface area contributed by atoms with E-state index in [-0.39, 0.29) is 56.6 Å². The second-order valence-corrected chi connectivity index (χ2v) is 12.3. The van der Waals surface area contributed by atoms with Crippen molar-refractivity contribution in [2.75, 3.05) is 65.2 Å². The SMILES string of the molecule is CCCCOCCNC(=O)CCCC(=O)Nc1ccc2c(c1)C(COC(=O)ON1C(=O)CCC1=O)c1cccc(C(=O)NCCOCCCOC)c1-2. The number of carbonyl (C=O) groups excluding carboxylic acids is 6. The van der Waals surface area contributed by atoms with Crippen molar-refractivity contribution in [1.29, 1.82) is 0 Å². The van der Waals surface area contributed by atoms with Crippen molar-refractivity contribution in [3.05, 3.63) is 53.1 Å². The zero-order chi connectivity index (χ0) is 37.3. The summed E-state index contributed by atoms with van der Waals surface area (Å²) in [6.07, 6.45) is 2.06. The Hall–Kier alpha value is -4.86. The third-order valence-corrected chi connectivity index (χ3v) is 8.42. The third-order valence-electron chi connectivity index (χ3n) is 8.42. The van der Waals surface area contributed by atoms with Gasteiger partial charge in [-0.3, -0.25) is 28.8 Å². The number of hydrogen-bond acceptors (Lipinski definition) is 11. The van der Waals surface area contributed by atoms with E-state index in [9.17, 15) is 28.8 Å². The van der Waals surface area contributed by atoms with Gasteiger partial charge in [0.15, 0.2) is 0 Å². The Balaban J connectivity index is 1.42. The van der Waals surface area contributed by atoms with Crippen LogP contribution in [0.25, 0.3) is 11.1 Å². The summed E-state index contributed by atoms with van der Waals surface area (Å²) in [6, 6.07) is 10.5. The van der Waals surface area contributed by atoms with Gasteiger partial charge in [0.2, 0.25) is 11.8 Å². The maximum Gasteiger partial charge on any atom is 0.533 e. The molecule has 5 amide bonds.